The molecule has 0 fully saturated rings. The van der Waals surface area contributed by atoms with Crippen LogP contribution >= 0.6 is 11.8 Å². The summed E-state index contributed by atoms with van der Waals surface area (Å²) in [6, 6.07) is 15.1. The molecule has 3 rings (SSSR count). The number of rotatable bonds is 4. The zero-order chi connectivity index (χ0) is 13.9. The Hall–Kier alpha value is -1.25. The molecule has 1 unspecified atom stereocenters. The van der Waals surface area contributed by atoms with Gasteiger partial charge in [0.2, 0.25) is 0 Å². The summed E-state index contributed by atoms with van der Waals surface area (Å²) in [5, 5.41) is 9.63. The molecule has 0 radical (unpaired) electrons. The van der Waals surface area contributed by atoms with Crippen molar-refractivity contribution in [1.29, 1.82) is 0 Å². The minimum atomic E-state index is -0.393. The lowest BCUT2D eigenvalue weighted by Gasteiger charge is -2.08. The molecule has 0 aliphatic heterocycles. The van der Waals surface area contributed by atoms with Gasteiger partial charge < -0.3 is 5.11 Å². The van der Waals surface area contributed by atoms with Crippen LogP contribution in [0.3, 0.4) is 0 Å². The third kappa shape index (κ3) is 3.08. The first kappa shape index (κ1) is 13.7. The largest absolute Gasteiger partial charge is 0.389 e. The molecule has 0 bridgehead atoms. The Morgan fingerprint density at radius 2 is 1.95 bits per heavy atom. The third-order valence-corrected chi connectivity index (χ3v) is 4.97. The van der Waals surface area contributed by atoms with Gasteiger partial charge in [-0.1, -0.05) is 30.3 Å². The van der Waals surface area contributed by atoms with Gasteiger partial charge in [-0.05, 0) is 60.6 Å². The van der Waals surface area contributed by atoms with Gasteiger partial charge in [0, 0.05) is 10.6 Å². The number of hydrogen-bond acceptors (Lipinski definition) is 2. The van der Waals surface area contributed by atoms with Gasteiger partial charge in [-0.3, -0.25) is 0 Å². The minimum Gasteiger partial charge on any atom is -0.389 e. The maximum atomic E-state index is 9.63. The number of aliphatic hydroxyl groups excluding tert-OH is 1. The van der Waals surface area contributed by atoms with E-state index in [0.29, 0.717) is 0 Å². The fourth-order valence-electron chi connectivity index (χ4n) is 2.75. The van der Waals surface area contributed by atoms with E-state index >= 15 is 0 Å². The third-order valence-electron chi connectivity index (χ3n) is 3.91. The van der Waals surface area contributed by atoms with Crippen LogP contribution in [-0.2, 0) is 18.6 Å². The van der Waals surface area contributed by atoms with E-state index in [1.807, 2.05) is 30.8 Å². The van der Waals surface area contributed by atoms with Crippen molar-refractivity contribution in [3.8, 4) is 0 Å². The molecule has 2 aromatic rings. The number of benzene rings is 2. The Bertz CT molecular complexity index is 604. The Morgan fingerprint density at radius 1 is 1.10 bits per heavy atom. The lowest BCUT2D eigenvalue weighted by atomic mass is 10.1. The summed E-state index contributed by atoms with van der Waals surface area (Å²) in [7, 11) is 0. The zero-order valence-corrected chi connectivity index (χ0v) is 12.6. The Balaban J connectivity index is 1.69. The van der Waals surface area contributed by atoms with Crippen molar-refractivity contribution in [1.82, 2.24) is 0 Å². The summed E-state index contributed by atoms with van der Waals surface area (Å²) in [4.78, 5) is 1.23. The van der Waals surface area contributed by atoms with Gasteiger partial charge in [-0.15, -0.1) is 11.8 Å². The van der Waals surface area contributed by atoms with Gasteiger partial charge in [-0.2, -0.15) is 0 Å². The molecule has 1 nitrogen and oxygen atoms in total. The molecular formula is C18H20OS. The van der Waals surface area contributed by atoms with Crippen LogP contribution in [0.1, 0.15) is 41.7 Å². The standard InChI is InChI=1S/C18H20OS/c1-13(19)16-5-3-7-18(11-16)20-12-14-8-9-15-4-2-6-17(15)10-14/h3,5,7-11,13,19H,2,4,6,12H2,1H3. The van der Waals surface area contributed by atoms with Crippen LogP contribution in [0.5, 0.6) is 0 Å². The summed E-state index contributed by atoms with van der Waals surface area (Å²) in [6.07, 6.45) is 3.41. The highest BCUT2D eigenvalue weighted by molar-refractivity contribution is 7.98. The number of aryl methyl sites for hydroxylation is 2. The maximum absolute atomic E-state index is 9.63. The van der Waals surface area contributed by atoms with Gasteiger partial charge >= 0.3 is 0 Å². The van der Waals surface area contributed by atoms with Crippen LogP contribution in [0.4, 0.5) is 0 Å². The van der Waals surface area contributed by atoms with Gasteiger partial charge in [0.25, 0.3) is 0 Å². The number of thioether (sulfide) groups is 1. The molecule has 0 amide bonds. The lowest BCUT2D eigenvalue weighted by molar-refractivity contribution is 0.199. The second-order valence-electron chi connectivity index (χ2n) is 5.49. The molecule has 1 N–H and O–H groups in total. The highest BCUT2D eigenvalue weighted by Gasteiger charge is 2.10. The molecule has 0 saturated carbocycles. The molecule has 0 aromatic heterocycles. The van der Waals surface area contributed by atoms with Crippen LogP contribution in [0.25, 0.3) is 0 Å². The second kappa shape index (κ2) is 6.02. The van der Waals surface area contributed by atoms with Crippen molar-refractivity contribution in [3.63, 3.8) is 0 Å². The molecule has 0 heterocycles. The molecule has 1 aliphatic rings. The van der Waals surface area contributed by atoms with E-state index in [1.54, 1.807) is 5.56 Å². The van der Waals surface area contributed by atoms with Crippen molar-refractivity contribution in [2.75, 3.05) is 0 Å². The Kier molecular flexibility index (Phi) is 4.13. The lowest BCUT2D eigenvalue weighted by Crippen LogP contribution is -1.91. The van der Waals surface area contributed by atoms with E-state index in [9.17, 15) is 5.11 Å². The first-order valence-corrected chi connectivity index (χ1v) is 8.22. The average molecular weight is 284 g/mol. The number of fused-ring (bicyclic) bond motifs is 1. The van der Waals surface area contributed by atoms with Crippen molar-refractivity contribution < 1.29 is 5.11 Å². The average Bonchev–Trinajstić information content (AvgIpc) is 2.93. The van der Waals surface area contributed by atoms with Gasteiger partial charge in [-0.25, -0.2) is 0 Å². The van der Waals surface area contributed by atoms with Crippen molar-refractivity contribution >= 4 is 11.8 Å². The number of aliphatic hydroxyl groups is 1. The van der Waals surface area contributed by atoms with E-state index in [-0.39, 0.29) is 0 Å². The molecule has 104 valence electrons. The van der Waals surface area contributed by atoms with E-state index < -0.39 is 6.10 Å². The highest BCUT2D eigenvalue weighted by atomic mass is 32.2. The van der Waals surface area contributed by atoms with Crippen LogP contribution in [0.2, 0.25) is 0 Å². The normalized spacial score (nSPS) is 15.1. The second-order valence-corrected chi connectivity index (χ2v) is 6.54. The zero-order valence-electron chi connectivity index (χ0n) is 11.8. The highest BCUT2D eigenvalue weighted by Crippen LogP contribution is 2.28. The molecule has 2 heteroatoms. The van der Waals surface area contributed by atoms with Crippen LogP contribution in [0, 0.1) is 0 Å². The minimum absolute atomic E-state index is 0.393. The monoisotopic (exact) mass is 284 g/mol. The number of hydrogen-bond donors (Lipinski definition) is 1. The van der Waals surface area contributed by atoms with Crippen LogP contribution < -0.4 is 0 Å². The summed E-state index contributed by atoms with van der Waals surface area (Å²) in [5.41, 5.74) is 5.47. The van der Waals surface area contributed by atoms with Crippen molar-refractivity contribution in [3.05, 3.63) is 64.7 Å². The van der Waals surface area contributed by atoms with E-state index in [0.717, 1.165) is 11.3 Å². The molecule has 1 aliphatic carbocycles. The predicted octanol–water partition coefficient (Wildman–Crippen LogP) is 4.52. The summed E-state index contributed by atoms with van der Waals surface area (Å²) in [5.74, 6) is 0.997. The first-order chi connectivity index (χ1) is 9.72. The fraction of sp³-hybridized carbons (Fsp3) is 0.333. The Labute approximate surface area is 125 Å². The van der Waals surface area contributed by atoms with Gasteiger partial charge in [0.05, 0.1) is 6.10 Å². The maximum Gasteiger partial charge on any atom is 0.0762 e. The van der Waals surface area contributed by atoms with Gasteiger partial charge in [0.1, 0.15) is 0 Å². The van der Waals surface area contributed by atoms with E-state index in [4.69, 9.17) is 0 Å². The molecule has 0 saturated heterocycles. The first-order valence-electron chi connectivity index (χ1n) is 7.24. The summed E-state index contributed by atoms with van der Waals surface area (Å²) >= 11 is 1.84. The van der Waals surface area contributed by atoms with Gasteiger partial charge in [0.15, 0.2) is 0 Å². The molecule has 2 aromatic carbocycles. The van der Waals surface area contributed by atoms with Crippen molar-refractivity contribution in [2.24, 2.45) is 0 Å². The van der Waals surface area contributed by atoms with E-state index in [1.165, 1.54) is 35.3 Å². The molecular weight excluding hydrogens is 264 g/mol. The molecule has 0 spiro atoms. The van der Waals surface area contributed by atoms with Crippen LogP contribution in [-0.4, -0.2) is 5.11 Å². The van der Waals surface area contributed by atoms with Crippen LogP contribution in [0.15, 0.2) is 47.4 Å². The van der Waals surface area contributed by atoms with E-state index in [2.05, 4.69) is 30.3 Å². The topological polar surface area (TPSA) is 20.2 Å². The molecule has 1 atom stereocenters. The van der Waals surface area contributed by atoms with Crippen molar-refractivity contribution in [2.45, 2.75) is 42.9 Å². The SMILES string of the molecule is CC(O)c1cccc(SCc2ccc3c(c2)CCC3)c1. The Morgan fingerprint density at radius 3 is 2.80 bits per heavy atom. The summed E-state index contributed by atoms with van der Waals surface area (Å²) in [6.45, 7) is 1.81. The predicted molar refractivity (Wildman–Crippen MR) is 85.1 cm³/mol. The smallest absolute Gasteiger partial charge is 0.0762 e. The molecule has 20 heavy (non-hydrogen) atoms. The fourth-order valence-corrected chi connectivity index (χ4v) is 3.65. The summed E-state index contributed by atoms with van der Waals surface area (Å²) < 4.78 is 0. The quantitative estimate of drug-likeness (QED) is 0.833.